The maximum absolute atomic E-state index is 13.9. The number of hydrogen-bond acceptors (Lipinski definition) is 2. The third-order valence-electron chi connectivity index (χ3n) is 3.80. The first-order valence-electron chi connectivity index (χ1n) is 8.33. The van der Waals surface area contributed by atoms with E-state index in [4.69, 9.17) is 0 Å². The van der Waals surface area contributed by atoms with E-state index in [1.807, 2.05) is 9.47 Å². The lowest BCUT2D eigenvalue weighted by atomic mass is 10.1. The van der Waals surface area contributed by atoms with E-state index in [2.05, 4.69) is 0 Å². The molecule has 0 aliphatic heterocycles. The fourth-order valence-corrected chi connectivity index (χ4v) is 1.76. The van der Waals surface area contributed by atoms with Crippen molar-refractivity contribution >= 4 is 0 Å². The van der Waals surface area contributed by atoms with Gasteiger partial charge in [-0.15, -0.1) is 0 Å². The van der Waals surface area contributed by atoms with Gasteiger partial charge < -0.3 is 0 Å². The molecule has 24 heteroatoms. The fraction of sp³-hybridized carbons (Fsp3) is 0.857. The minimum atomic E-state index is -7.54. The Kier molecular flexibility index (Phi) is 9.45. The first-order chi connectivity index (χ1) is 16.1. The minimum Gasteiger partial charge on any atom is -0.269 e. The van der Waals surface area contributed by atoms with Crippen LogP contribution in [0.3, 0.4) is 0 Å². The van der Waals surface area contributed by atoms with Crippen molar-refractivity contribution < 1.29 is 106 Å². The number of ether oxygens (including phenoxy) is 2. The Morgan fingerprint density at radius 1 is 0.342 bits per heavy atom. The highest BCUT2D eigenvalue weighted by Crippen LogP contribution is 2.53. The Bertz CT molecular complexity index is 763. The molecule has 0 saturated carbocycles. The van der Waals surface area contributed by atoms with Crippen LogP contribution in [0, 0.1) is 0 Å². The summed E-state index contributed by atoms with van der Waals surface area (Å²) in [4.78, 5) is 0. The molecule has 0 amide bonds. The summed E-state index contributed by atoms with van der Waals surface area (Å²) in [5.74, 6) is -27.8. The topological polar surface area (TPSA) is 18.5 Å². The lowest BCUT2D eigenvalue weighted by Crippen LogP contribution is -2.59. The van der Waals surface area contributed by atoms with Crippen LogP contribution in [0.2, 0.25) is 0 Å². The van der Waals surface area contributed by atoms with E-state index in [0.29, 0.717) is 0 Å². The smallest absolute Gasteiger partial charge is 0.269 e. The second-order valence-electron chi connectivity index (χ2n) is 6.71. The zero-order valence-electron chi connectivity index (χ0n) is 16.7. The summed E-state index contributed by atoms with van der Waals surface area (Å²) in [6.07, 6.45) is -52.0. The molecule has 0 aromatic carbocycles. The molecule has 2 unspecified atom stereocenters. The standard InChI is InChI=1S/C14H6F22O2/c15-5(9(21,22)23,37-13(33,34)7(17,18)11(27,28)29)3-1-2-4-6(16,10(24,25)26)38-14(35,36)8(19,20)12(30,31)32/h1-2H,3-4H2/b2-1+. The number of halogens is 22. The highest BCUT2D eigenvalue weighted by molar-refractivity contribution is 4.98. The van der Waals surface area contributed by atoms with Crippen LogP contribution in [0.5, 0.6) is 0 Å². The Morgan fingerprint density at radius 2 is 0.553 bits per heavy atom. The third kappa shape index (κ3) is 7.00. The SMILES string of the molecule is FC(F)(F)C(F)(C/C=C/CC(F)(OC(F)(F)C(F)(F)C(F)(F)F)C(F)(F)F)OC(F)(F)C(F)(F)C(F)(F)F. The molecule has 0 spiro atoms. The van der Waals surface area contributed by atoms with Gasteiger partial charge in [0.15, 0.2) is 0 Å². The number of rotatable bonds is 10. The molecule has 0 rings (SSSR count). The summed E-state index contributed by atoms with van der Waals surface area (Å²) >= 11 is 0. The summed E-state index contributed by atoms with van der Waals surface area (Å²) in [7, 11) is 0. The maximum Gasteiger partial charge on any atom is 0.462 e. The van der Waals surface area contributed by atoms with Crippen LogP contribution in [0.25, 0.3) is 0 Å². The van der Waals surface area contributed by atoms with E-state index >= 15 is 0 Å². The van der Waals surface area contributed by atoms with E-state index in [1.165, 1.54) is 0 Å². The highest BCUT2D eigenvalue weighted by Gasteiger charge is 2.79. The van der Waals surface area contributed by atoms with Gasteiger partial charge in [0, 0.05) is 12.8 Å². The van der Waals surface area contributed by atoms with Crippen molar-refractivity contribution in [2.24, 2.45) is 0 Å². The van der Waals surface area contributed by atoms with Gasteiger partial charge in [-0.2, -0.15) is 87.8 Å². The van der Waals surface area contributed by atoms with Crippen LogP contribution in [-0.4, -0.2) is 60.5 Å². The molecule has 0 N–H and O–H groups in total. The van der Waals surface area contributed by atoms with Gasteiger partial charge in [-0.05, 0) is 0 Å². The first kappa shape index (κ1) is 36.1. The van der Waals surface area contributed by atoms with E-state index in [-0.39, 0.29) is 0 Å². The van der Waals surface area contributed by atoms with Gasteiger partial charge >= 0.3 is 60.5 Å². The van der Waals surface area contributed by atoms with E-state index < -0.39 is 85.5 Å². The van der Waals surface area contributed by atoms with Crippen molar-refractivity contribution in [3.05, 3.63) is 12.2 Å². The first-order valence-corrected chi connectivity index (χ1v) is 8.33. The van der Waals surface area contributed by atoms with Crippen molar-refractivity contribution in [2.45, 2.75) is 73.3 Å². The molecule has 2 nitrogen and oxygen atoms in total. The fourth-order valence-electron chi connectivity index (χ4n) is 1.76. The Hall–Kier alpha value is -1.88. The molecule has 0 aromatic rings. The third-order valence-corrected chi connectivity index (χ3v) is 3.80. The van der Waals surface area contributed by atoms with Crippen LogP contribution < -0.4 is 0 Å². The van der Waals surface area contributed by atoms with Gasteiger partial charge in [0.05, 0.1) is 0 Å². The molecular weight excluding hydrogens is 618 g/mol. The molecular formula is C14H6F22O2. The van der Waals surface area contributed by atoms with E-state index in [1.54, 1.807) is 0 Å². The van der Waals surface area contributed by atoms with Crippen LogP contribution in [0.1, 0.15) is 12.8 Å². The molecule has 0 fully saturated rings. The zero-order chi connectivity index (χ0) is 31.2. The zero-order valence-corrected chi connectivity index (χ0v) is 16.7. The van der Waals surface area contributed by atoms with Gasteiger partial charge in [0.25, 0.3) is 0 Å². The Labute approximate surface area is 193 Å². The Morgan fingerprint density at radius 3 is 0.711 bits per heavy atom. The molecule has 0 bridgehead atoms. The summed E-state index contributed by atoms with van der Waals surface area (Å²) < 4.78 is 282. The number of alkyl halides is 22. The van der Waals surface area contributed by atoms with E-state index in [0.717, 1.165) is 0 Å². The van der Waals surface area contributed by atoms with Crippen LogP contribution in [0.4, 0.5) is 96.6 Å². The molecule has 228 valence electrons. The second-order valence-corrected chi connectivity index (χ2v) is 6.71. The minimum absolute atomic E-state index is 1.00. The lowest BCUT2D eigenvalue weighted by molar-refractivity contribution is -0.483. The van der Waals surface area contributed by atoms with Crippen molar-refractivity contribution in [1.29, 1.82) is 0 Å². The van der Waals surface area contributed by atoms with Gasteiger partial charge in [0.1, 0.15) is 0 Å². The van der Waals surface area contributed by atoms with Gasteiger partial charge in [-0.25, -0.2) is 8.78 Å². The van der Waals surface area contributed by atoms with Gasteiger partial charge in [-0.3, -0.25) is 9.47 Å². The molecule has 0 saturated heterocycles. The summed E-state index contributed by atoms with van der Waals surface area (Å²) in [5, 5.41) is 0. The molecule has 0 aliphatic rings. The van der Waals surface area contributed by atoms with Crippen molar-refractivity contribution in [3.63, 3.8) is 0 Å². The normalized spacial score (nSPS) is 19.0. The molecule has 0 radical (unpaired) electrons. The largest absolute Gasteiger partial charge is 0.462 e. The number of hydrogen-bond donors (Lipinski definition) is 0. The molecule has 0 aromatic heterocycles. The summed E-state index contributed by atoms with van der Waals surface area (Å²) in [5.41, 5.74) is 0. The van der Waals surface area contributed by atoms with E-state index in [9.17, 15) is 96.6 Å². The average molecular weight is 624 g/mol. The van der Waals surface area contributed by atoms with Crippen molar-refractivity contribution in [1.82, 2.24) is 0 Å². The highest BCUT2D eigenvalue weighted by atomic mass is 19.4. The second kappa shape index (κ2) is 9.94. The Balaban J connectivity index is 6.17. The average Bonchev–Trinajstić information content (AvgIpc) is 2.60. The molecule has 0 aliphatic carbocycles. The van der Waals surface area contributed by atoms with Gasteiger partial charge in [0.2, 0.25) is 0 Å². The molecule has 0 heterocycles. The molecule has 38 heavy (non-hydrogen) atoms. The van der Waals surface area contributed by atoms with Crippen LogP contribution in [0.15, 0.2) is 12.2 Å². The van der Waals surface area contributed by atoms with Gasteiger partial charge in [-0.1, -0.05) is 12.2 Å². The van der Waals surface area contributed by atoms with Crippen molar-refractivity contribution in [2.75, 3.05) is 0 Å². The lowest BCUT2D eigenvalue weighted by Gasteiger charge is -2.35. The summed E-state index contributed by atoms with van der Waals surface area (Å²) in [6, 6.07) is 0. The van der Waals surface area contributed by atoms with Crippen LogP contribution >= 0.6 is 0 Å². The predicted octanol–water partition coefficient (Wildman–Crippen LogP) is 8.39. The molecule has 2 atom stereocenters. The maximum atomic E-state index is 13.9. The van der Waals surface area contributed by atoms with Crippen molar-refractivity contribution in [3.8, 4) is 0 Å². The summed E-state index contributed by atoms with van der Waals surface area (Å²) in [6.45, 7) is 0. The van der Waals surface area contributed by atoms with Crippen LogP contribution in [-0.2, 0) is 9.47 Å². The quantitative estimate of drug-likeness (QED) is 0.180. The monoisotopic (exact) mass is 624 g/mol. The predicted molar refractivity (Wildman–Crippen MR) is 72.2 cm³/mol.